The molecule has 106 valence electrons. The summed E-state index contributed by atoms with van der Waals surface area (Å²) in [7, 11) is 1.32. The fourth-order valence-corrected chi connectivity index (χ4v) is 1.96. The molecule has 21 heavy (non-hydrogen) atoms. The Balaban J connectivity index is 1.87. The van der Waals surface area contributed by atoms with Crippen LogP contribution < -0.4 is 5.32 Å². The molecule has 2 heterocycles. The Morgan fingerprint density at radius 2 is 2.10 bits per heavy atom. The van der Waals surface area contributed by atoms with Crippen LogP contribution in [0.15, 0.2) is 30.5 Å². The lowest BCUT2D eigenvalue weighted by molar-refractivity contribution is 0.0599. The van der Waals surface area contributed by atoms with Gasteiger partial charge in [-0.2, -0.15) is 0 Å². The normalized spacial score (nSPS) is 10.6. The number of nitrogens with one attached hydrogen (secondary N) is 2. The quantitative estimate of drug-likeness (QED) is 0.716. The zero-order chi connectivity index (χ0) is 14.8. The number of ether oxygens (including phenoxy) is 1. The van der Waals surface area contributed by atoms with Gasteiger partial charge in [0.15, 0.2) is 0 Å². The highest BCUT2D eigenvalue weighted by atomic mass is 16.5. The minimum absolute atomic E-state index is 0.340. The topological polar surface area (TPSA) is 92.8 Å². The third-order valence-electron chi connectivity index (χ3n) is 3.00. The summed E-state index contributed by atoms with van der Waals surface area (Å²) < 4.78 is 4.66. The summed E-state index contributed by atoms with van der Waals surface area (Å²) in [6.45, 7) is 1.72. The minimum Gasteiger partial charge on any atom is -0.465 e. The molecule has 0 fully saturated rings. The van der Waals surface area contributed by atoms with E-state index in [9.17, 15) is 4.79 Å². The summed E-state index contributed by atoms with van der Waals surface area (Å²) >= 11 is 0. The maximum Gasteiger partial charge on any atom is 0.341 e. The van der Waals surface area contributed by atoms with E-state index >= 15 is 0 Å². The van der Waals surface area contributed by atoms with Crippen LogP contribution in [0.1, 0.15) is 16.1 Å². The van der Waals surface area contributed by atoms with E-state index < -0.39 is 5.97 Å². The molecule has 0 amide bonds. The van der Waals surface area contributed by atoms with Crippen LogP contribution in [-0.4, -0.2) is 33.0 Å². The van der Waals surface area contributed by atoms with Crippen LogP contribution in [0.2, 0.25) is 0 Å². The molecule has 0 aliphatic carbocycles. The van der Waals surface area contributed by atoms with Gasteiger partial charge in [0, 0.05) is 6.20 Å². The molecule has 0 bridgehead atoms. The number of carbonyl (C=O) groups excluding carboxylic acids is 1. The number of anilines is 2. The Morgan fingerprint density at radius 1 is 1.29 bits per heavy atom. The number of esters is 1. The van der Waals surface area contributed by atoms with Crippen molar-refractivity contribution in [2.45, 2.75) is 6.92 Å². The summed E-state index contributed by atoms with van der Waals surface area (Å²) in [6, 6.07) is 7.68. The van der Waals surface area contributed by atoms with E-state index in [-0.39, 0.29) is 0 Å². The van der Waals surface area contributed by atoms with Gasteiger partial charge in [-0.05, 0) is 19.1 Å². The zero-order valence-electron chi connectivity index (χ0n) is 11.5. The van der Waals surface area contributed by atoms with E-state index in [1.54, 1.807) is 6.92 Å². The predicted octanol–water partition coefficient (Wildman–Crippen LogP) is 2.19. The van der Waals surface area contributed by atoms with Gasteiger partial charge in [0.2, 0.25) is 11.9 Å². The number of carbonyl (C=O) groups is 1. The van der Waals surface area contributed by atoms with E-state index in [0.717, 1.165) is 11.0 Å². The maximum atomic E-state index is 11.5. The molecule has 0 spiro atoms. The van der Waals surface area contributed by atoms with Crippen molar-refractivity contribution in [3.63, 3.8) is 0 Å². The number of hydrogen-bond acceptors (Lipinski definition) is 6. The molecule has 0 aliphatic rings. The van der Waals surface area contributed by atoms with Crippen LogP contribution in [0.4, 0.5) is 11.9 Å². The van der Waals surface area contributed by atoms with Crippen LogP contribution in [0.5, 0.6) is 0 Å². The van der Waals surface area contributed by atoms with Gasteiger partial charge >= 0.3 is 5.97 Å². The monoisotopic (exact) mass is 283 g/mol. The third-order valence-corrected chi connectivity index (χ3v) is 3.00. The number of aromatic nitrogens is 4. The second-order valence-electron chi connectivity index (χ2n) is 4.41. The summed E-state index contributed by atoms with van der Waals surface area (Å²) in [6.07, 6.45) is 1.43. The van der Waals surface area contributed by atoms with Gasteiger partial charge in [-0.15, -0.1) is 0 Å². The Morgan fingerprint density at radius 3 is 2.81 bits per heavy atom. The molecule has 0 saturated heterocycles. The molecular weight excluding hydrogens is 270 g/mol. The molecule has 0 unspecified atom stereocenters. The molecule has 3 rings (SSSR count). The van der Waals surface area contributed by atoms with E-state index in [4.69, 9.17) is 0 Å². The number of imidazole rings is 1. The predicted molar refractivity (Wildman–Crippen MR) is 77.5 cm³/mol. The van der Waals surface area contributed by atoms with Crippen molar-refractivity contribution in [3.8, 4) is 0 Å². The van der Waals surface area contributed by atoms with Crippen molar-refractivity contribution >= 4 is 28.9 Å². The highest BCUT2D eigenvalue weighted by molar-refractivity contribution is 5.90. The second kappa shape index (κ2) is 5.20. The second-order valence-corrected chi connectivity index (χ2v) is 4.41. The first-order chi connectivity index (χ1) is 10.2. The average molecular weight is 283 g/mol. The molecular formula is C14H13N5O2. The van der Waals surface area contributed by atoms with Crippen LogP contribution >= 0.6 is 0 Å². The van der Waals surface area contributed by atoms with Crippen LogP contribution in [0.25, 0.3) is 11.0 Å². The van der Waals surface area contributed by atoms with Crippen molar-refractivity contribution in [1.29, 1.82) is 0 Å². The fraction of sp³-hybridized carbons (Fsp3) is 0.143. The lowest BCUT2D eigenvalue weighted by Crippen LogP contribution is -2.08. The first kappa shape index (κ1) is 13.0. The number of H-pyrrole nitrogens is 1. The SMILES string of the molecule is COC(=O)c1cnc(Nc2nc3ccccc3[nH]2)nc1C. The van der Waals surface area contributed by atoms with E-state index in [2.05, 4.69) is 30.0 Å². The summed E-state index contributed by atoms with van der Waals surface area (Å²) in [4.78, 5) is 27.3. The Kier molecular flexibility index (Phi) is 3.23. The maximum absolute atomic E-state index is 11.5. The summed E-state index contributed by atoms with van der Waals surface area (Å²) in [5.74, 6) is 0.448. The first-order valence-corrected chi connectivity index (χ1v) is 6.31. The number of aryl methyl sites for hydroxylation is 1. The summed E-state index contributed by atoms with van der Waals surface area (Å²) in [5, 5.41) is 2.98. The van der Waals surface area contributed by atoms with Gasteiger partial charge < -0.3 is 9.72 Å². The Labute approximate surface area is 120 Å². The van der Waals surface area contributed by atoms with E-state index in [0.29, 0.717) is 23.2 Å². The number of rotatable bonds is 3. The number of fused-ring (bicyclic) bond motifs is 1. The molecule has 7 heteroatoms. The van der Waals surface area contributed by atoms with Gasteiger partial charge in [-0.25, -0.2) is 19.7 Å². The minimum atomic E-state index is -0.456. The molecule has 1 aromatic carbocycles. The zero-order valence-corrected chi connectivity index (χ0v) is 11.5. The van der Waals surface area contributed by atoms with Crippen LogP contribution in [0.3, 0.4) is 0 Å². The lowest BCUT2D eigenvalue weighted by Gasteiger charge is -2.05. The van der Waals surface area contributed by atoms with Crippen molar-refractivity contribution in [2.75, 3.05) is 12.4 Å². The molecule has 0 radical (unpaired) electrons. The van der Waals surface area contributed by atoms with Gasteiger partial charge in [-0.3, -0.25) is 5.32 Å². The molecule has 7 nitrogen and oxygen atoms in total. The molecule has 0 atom stereocenters. The number of para-hydroxylation sites is 2. The van der Waals surface area contributed by atoms with Gasteiger partial charge in [0.25, 0.3) is 0 Å². The number of nitrogens with zero attached hydrogens (tertiary/aromatic N) is 3. The van der Waals surface area contributed by atoms with Crippen molar-refractivity contribution in [1.82, 2.24) is 19.9 Å². The standard InChI is InChI=1S/C14H13N5O2/c1-8-9(12(20)21-2)7-15-13(16-8)19-14-17-10-5-3-4-6-11(10)18-14/h3-7H,1-2H3,(H2,15,16,17,18,19). The van der Waals surface area contributed by atoms with Gasteiger partial charge in [0.05, 0.1) is 29.4 Å². The van der Waals surface area contributed by atoms with E-state index in [1.165, 1.54) is 13.3 Å². The fourth-order valence-electron chi connectivity index (χ4n) is 1.96. The van der Waals surface area contributed by atoms with E-state index in [1.807, 2.05) is 24.3 Å². The first-order valence-electron chi connectivity index (χ1n) is 6.31. The lowest BCUT2D eigenvalue weighted by atomic mass is 10.2. The average Bonchev–Trinajstić information content (AvgIpc) is 2.88. The third kappa shape index (κ3) is 2.53. The van der Waals surface area contributed by atoms with Crippen molar-refractivity contribution in [3.05, 3.63) is 41.7 Å². The highest BCUT2D eigenvalue weighted by Gasteiger charge is 2.12. The largest absolute Gasteiger partial charge is 0.465 e. The van der Waals surface area contributed by atoms with Crippen molar-refractivity contribution < 1.29 is 9.53 Å². The molecule has 0 saturated carbocycles. The smallest absolute Gasteiger partial charge is 0.341 e. The highest BCUT2D eigenvalue weighted by Crippen LogP contribution is 2.16. The molecule has 3 aromatic rings. The number of aromatic amines is 1. The Bertz CT molecular complexity index is 779. The van der Waals surface area contributed by atoms with Gasteiger partial charge in [0.1, 0.15) is 0 Å². The molecule has 2 aromatic heterocycles. The number of benzene rings is 1. The summed E-state index contributed by atoms with van der Waals surface area (Å²) in [5.41, 5.74) is 2.65. The molecule has 2 N–H and O–H groups in total. The molecule has 0 aliphatic heterocycles. The number of methoxy groups -OCH3 is 1. The number of hydrogen-bond donors (Lipinski definition) is 2. The van der Waals surface area contributed by atoms with Crippen LogP contribution in [0, 0.1) is 6.92 Å². The van der Waals surface area contributed by atoms with Crippen molar-refractivity contribution in [2.24, 2.45) is 0 Å². The van der Waals surface area contributed by atoms with Crippen LogP contribution in [-0.2, 0) is 4.74 Å². The Hall–Kier alpha value is -2.96. The van der Waals surface area contributed by atoms with Gasteiger partial charge in [-0.1, -0.05) is 12.1 Å².